The average molecular weight is 365 g/mol. The monoisotopic (exact) mass is 364 g/mol. The first kappa shape index (κ1) is 18.4. The van der Waals surface area contributed by atoms with Crippen LogP contribution in [-0.4, -0.2) is 43.0 Å². The molecule has 1 aliphatic heterocycles. The van der Waals surface area contributed by atoms with Gasteiger partial charge in [0.1, 0.15) is 5.00 Å². The number of hydrogen-bond donors (Lipinski definition) is 1. The fourth-order valence-corrected chi connectivity index (χ4v) is 5.17. The van der Waals surface area contributed by atoms with Gasteiger partial charge in [0.25, 0.3) is 0 Å². The lowest BCUT2D eigenvalue weighted by atomic mass is 9.95. The molecular formula is C19H28N2O3S. The molecule has 0 spiro atoms. The Morgan fingerprint density at radius 2 is 2.08 bits per heavy atom. The van der Waals surface area contributed by atoms with Gasteiger partial charge in [-0.2, -0.15) is 0 Å². The van der Waals surface area contributed by atoms with Gasteiger partial charge in [-0.1, -0.05) is 6.92 Å². The number of aryl methyl sites for hydroxylation is 1. The maximum atomic E-state index is 12.5. The Hall–Kier alpha value is -1.40. The summed E-state index contributed by atoms with van der Waals surface area (Å²) in [6.45, 7) is 6.74. The van der Waals surface area contributed by atoms with E-state index in [9.17, 15) is 9.59 Å². The fourth-order valence-electron chi connectivity index (χ4n) is 3.87. The summed E-state index contributed by atoms with van der Waals surface area (Å²) in [4.78, 5) is 28.4. The van der Waals surface area contributed by atoms with Crippen LogP contribution in [0, 0.1) is 5.92 Å². The van der Waals surface area contributed by atoms with Crippen molar-refractivity contribution >= 4 is 28.2 Å². The topological polar surface area (TPSA) is 58.6 Å². The third kappa shape index (κ3) is 4.42. The molecule has 3 rings (SSSR count). The Labute approximate surface area is 153 Å². The van der Waals surface area contributed by atoms with E-state index in [0.717, 1.165) is 50.8 Å². The molecule has 6 heteroatoms. The smallest absolute Gasteiger partial charge is 0.341 e. The molecular weight excluding hydrogens is 336 g/mol. The minimum Gasteiger partial charge on any atom is -0.462 e. The summed E-state index contributed by atoms with van der Waals surface area (Å²) in [5.41, 5.74) is 1.69. The number of nitrogens with one attached hydrogen (secondary N) is 1. The third-order valence-corrected chi connectivity index (χ3v) is 6.22. The van der Waals surface area contributed by atoms with E-state index in [1.165, 1.54) is 11.3 Å². The molecule has 1 N–H and O–H groups in total. The van der Waals surface area contributed by atoms with Gasteiger partial charge in [-0.3, -0.25) is 9.69 Å². The van der Waals surface area contributed by atoms with E-state index >= 15 is 0 Å². The molecule has 0 radical (unpaired) electrons. The van der Waals surface area contributed by atoms with Crippen molar-refractivity contribution in [3.63, 3.8) is 0 Å². The fraction of sp³-hybridized carbons (Fsp3) is 0.684. The van der Waals surface area contributed by atoms with Crippen molar-refractivity contribution < 1.29 is 14.3 Å². The van der Waals surface area contributed by atoms with E-state index in [0.29, 0.717) is 29.6 Å². The molecule has 1 aromatic rings. The highest BCUT2D eigenvalue weighted by molar-refractivity contribution is 7.17. The number of amides is 1. The first-order valence-corrected chi connectivity index (χ1v) is 10.2. The van der Waals surface area contributed by atoms with Gasteiger partial charge < -0.3 is 10.1 Å². The molecule has 1 atom stereocenters. The van der Waals surface area contributed by atoms with Crippen LogP contribution in [0.25, 0.3) is 0 Å². The van der Waals surface area contributed by atoms with Crippen molar-refractivity contribution in [1.82, 2.24) is 4.90 Å². The number of ether oxygens (including phenoxy) is 1. The first-order valence-electron chi connectivity index (χ1n) is 9.42. The number of fused-ring (bicyclic) bond motifs is 1. The molecule has 5 nitrogen and oxygen atoms in total. The van der Waals surface area contributed by atoms with Crippen molar-refractivity contribution in [1.29, 1.82) is 0 Å². The van der Waals surface area contributed by atoms with Gasteiger partial charge in [-0.15, -0.1) is 11.3 Å². The second-order valence-corrected chi connectivity index (χ2v) is 8.27. The van der Waals surface area contributed by atoms with Gasteiger partial charge in [-0.25, -0.2) is 4.79 Å². The van der Waals surface area contributed by atoms with Gasteiger partial charge in [-0.05, 0) is 63.5 Å². The molecule has 1 aliphatic carbocycles. The molecule has 1 fully saturated rings. The lowest BCUT2D eigenvalue weighted by molar-refractivity contribution is -0.117. The lowest BCUT2D eigenvalue weighted by Crippen LogP contribution is -2.39. The number of carbonyl (C=O) groups is 2. The van der Waals surface area contributed by atoms with Crippen LogP contribution in [0.15, 0.2) is 0 Å². The summed E-state index contributed by atoms with van der Waals surface area (Å²) < 4.78 is 5.24. The van der Waals surface area contributed by atoms with Crippen molar-refractivity contribution in [3.8, 4) is 0 Å². The van der Waals surface area contributed by atoms with Crippen LogP contribution in [-0.2, 0) is 22.4 Å². The van der Waals surface area contributed by atoms with Gasteiger partial charge in [0.05, 0.1) is 18.7 Å². The Kier molecular flexibility index (Phi) is 6.12. The van der Waals surface area contributed by atoms with Crippen LogP contribution >= 0.6 is 11.3 Å². The minimum atomic E-state index is -0.302. The molecule has 2 aliphatic rings. The lowest BCUT2D eigenvalue weighted by Gasteiger charge is -2.30. The van der Waals surface area contributed by atoms with Crippen molar-refractivity contribution in [2.24, 2.45) is 5.92 Å². The number of esters is 1. The van der Waals surface area contributed by atoms with E-state index in [2.05, 4.69) is 17.1 Å². The molecule has 0 aromatic carbocycles. The quantitative estimate of drug-likeness (QED) is 0.813. The summed E-state index contributed by atoms with van der Waals surface area (Å²) in [6.07, 6.45) is 6.52. The molecule has 0 saturated carbocycles. The average Bonchev–Trinajstić information content (AvgIpc) is 2.92. The number of thiophene rings is 1. The Balaban J connectivity index is 1.73. The number of anilines is 1. The summed E-state index contributed by atoms with van der Waals surface area (Å²) in [6, 6.07) is 0. The zero-order chi connectivity index (χ0) is 17.8. The van der Waals surface area contributed by atoms with E-state index in [1.54, 1.807) is 11.3 Å². The van der Waals surface area contributed by atoms with Gasteiger partial charge in [0, 0.05) is 11.4 Å². The van der Waals surface area contributed by atoms with Crippen molar-refractivity contribution in [2.75, 3.05) is 31.6 Å². The molecule has 25 heavy (non-hydrogen) atoms. The van der Waals surface area contributed by atoms with E-state index < -0.39 is 0 Å². The molecule has 1 amide bonds. The molecule has 138 valence electrons. The van der Waals surface area contributed by atoms with Gasteiger partial charge in [0.2, 0.25) is 5.91 Å². The van der Waals surface area contributed by atoms with Crippen molar-refractivity contribution in [2.45, 2.75) is 52.4 Å². The highest BCUT2D eigenvalue weighted by Crippen LogP contribution is 2.38. The third-order valence-electron chi connectivity index (χ3n) is 5.01. The van der Waals surface area contributed by atoms with E-state index in [-0.39, 0.29) is 11.9 Å². The number of piperidine rings is 1. The second kappa shape index (κ2) is 8.32. The molecule has 2 heterocycles. The predicted octanol–water partition coefficient (Wildman–Crippen LogP) is 3.47. The maximum absolute atomic E-state index is 12.5. The molecule has 1 unspecified atom stereocenters. The highest BCUT2D eigenvalue weighted by Gasteiger charge is 2.27. The van der Waals surface area contributed by atoms with Gasteiger partial charge >= 0.3 is 5.97 Å². The van der Waals surface area contributed by atoms with Crippen LogP contribution < -0.4 is 5.32 Å². The first-order chi connectivity index (χ1) is 12.1. The minimum absolute atomic E-state index is 0.0294. The van der Waals surface area contributed by atoms with Crippen LogP contribution in [0.1, 0.15) is 60.3 Å². The Morgan fingerprint density at radius 1 is 1.28 bits per heavy atom. The second-order valence-electron chi connectivity index (χ2n) is 7.17. The van der Waals surface area contributed by atoms with Crippen LogP contribution in [0.3, 0.4) is 0 Å². The number of likely N-dealkylation sites (tertiary alicyclic amines) is 1. The normalized spacial score (nSPS) is 20.8. The maximum Gasteiger partial charge on any atom is 0.341 e. The summed E-state index contributed by atoms with van der Waals surface area (Å²) in [5.74, 6) is 0.313. The standard InChI is InChI=1S/C19H28N2O3S/c1-3-24-19(23)17-14-8-4-5-9-15(14)25-18(17)20-16(22)12-21-10-6-7-13(2)11-21/h13H,3-12H2,1-2H3,(H,20,22). The zero-order valence-electron chi connectivity index (χ0n) is 15.2. The largest absolute Gasteiger partial charge is 0.462 e. The summed E-state index contributed by atoms with van der Waals surface area (Å²) in [7, 11) is 0. The number of hydrogen-bond acceptors (Lipinski definition) is 5. The van der Waals surface area contributed by atoms with Crippen molar-refractivity contribution in [3.05, 3.63) is 16.0 Å². The van der Waals surface area contributed by atoms with Crippen LogP contribution in [0.5, 0.6) is 0 Å². The highest BCUT2D eigenvalue weighted by atomic mass is 32.1. The van der Waals surface area contributed by atoms with Crippen LogP contribution in [0.4, 0.5) is 5.00 Å². The number of carbonyl (C=O) groups excluding carboxylic acids is 2. The van der Waals surface area contributed by atoms with E-state index in [1.807, 2.05) is 6.92 Å². The van der Waals surface area contributed by atoms with Crippen LogP contribution in [0.2, 0.25) is 0 Å². The molecule has 1 saturated heterocycles. The van der Waals surface area contributed by atoms with Gasteiger partial charge in [0.15, 0.2) is 0 Å². The number of rotatable bonds is 5. The molecule has 0 bridgehead atoms. The SMILES string of the molecule is CCOC(=O)c1c(NC(=O)CN2CCCC(C)C2)sc2c1CCCC2. The number of nitrogens with zero attached hydrogens (tertiary/aromatic N) is 1. The predicted molar refractivity (Wildman–Crippen MR) is 100 cm³/mol. The molecule has 1 aromatic heterocycles. The Morgan fingerprint density at radius 3 is 2.84 bits per heavy atom. The Bertz CT molecular complexity index is 641. The summed E-state index contributed by atoms with van der Waals surface area (Å²) >= 11 is 1.56. The summed E-state index contributed by atoms with van der Waals surface area (Å²) in [5, 5.41) is 3.69. The zero-order valence-corrected chi connectivity index (χ0v) is 16.0. The van der Waals surface area contributed by atoms with E-state index in [4.69, 9.17) is 4.74 Å².